The van der Waals surface area contributed by atoms with E-state index in [1.807, 2.05) is 0 Å². The van der Waals surface area contributed by atoms with Gasteiger partial charge < -0.3 is 10.1 Å². The van der Waals surface area contributed by atoms with Gasteiger partial charge in [0.15, 0.2) is 0 Å². The Hall–Kier alpha value is -0.340. The van der Waals surface area contributed by atoms with Gasteiger partial charge in [-0.3, -0.25) is 0 Å². The van der Waals surface area contributed by atoms with Gasteiger partial charge in [0, 0.05) is 13.1 Å². The summed E-state index contributed by atoms with van der Waals surface area (Å²) in [6, 6.07) is 0. The molecule has 58 valence electrons. The van der Waals surface area contributed by atoms with Crippen molar-refractivity contribution in [2.24, 2.45) is 0 Å². The first-order chi connectivity index (χ1) is 4.79. The molecule has 1 aliphatic heterocycles. The van der Waals surface area contributed by atoms with E-state index in [1.165, 1.54) is 5.57 Å². The summed E-state index contributed by atoms with van der Waals surface area (Å²) in [5, 5.41) is 3.15. The molecule has 1 saturated heterocycles. The third kappa shape index (κ3) is 2.50. The van der Waals surface area contributed by atoms with E-state index in [4.69, 9.17) is 4.74 Å². The molecule has 0 aromatic rings. The fourth-order valence-electron chi connectivity index (χ4n) is 0.731. The molecule has 0 bridgehead atoms. The van der Waals surface area contributed by atoms with Crippen molar-refractivity contribution >= 4 is 0 Å². The lowest BCUT2D eigenvalue weighted by atomic mass is 10.2. The van der Waals surface area contributed by atoms with Gasteiger partial charge in [0.2, 0.25) is 0 Å². The number of rotatable bonds is 3. The summed E-state index contributed by atoms with van der Waals surface area (Å²) in [5.41, 5.74) is 1.33. The maximum atomic E-state index is 5.45. The van der Waals surface area contributed by atoms with Crippen LogP contribution in [0.1, 0.15) is 13.8 Å². The van der Waals surface area contributed by atoms with E-state index < -0.39 is 0 Å². The molecule has 2 nitrogen and oxygen atoms in total. The normalized spacial score (nSPS) is 18.2. The molecule has 0 atom stereocenters. The molecule has 2 heteroatoms. The van der Waals surface area contributed by atoms with Crippen LogP contribution >= 0.6 is 0 Å². The van der Waals surface area contributed by atoms with Crippen LogP contribution in [0.5, 0.6) is 0 Å². The van der Waals surface area contributed by atoms with Crippen molar-refractivity contribution in [2.75, 3.05) is 19.7 Å². The minimum Gasteiger partial charge on any atom is -0.372 e. The van der Waals surface area contributed by atoms with Crippen LogP contribution in [-0.2, 0) is 4.74 Å². The zero-order valence-corrected chi connectivity index (χ0v) is 6.68. The minimum atomic E-state index is 0.468. The molecule has 1 rings (SSSR count). The number of hydrogen-bond acceptors (Lipinski definition) is 2. The van der Waals surface area contributed by atoms with Gasteiger partial charge in [-0.1, -0.05) is 11.6 Å². The molecule has 10 heavy (non-hydrogen) atoms. The summed E-state index contributed by atoms with van der Waals surface area (Å²) in [7, 11) is 0. The molecule has 0 amide bonds. The van der Waals surface area contributed by atoms with E-state index in [-0.39, 0.29) is 0 Å². The van der Waals surface area contributed by atoms with Crippen LogP contribution in [0.4, 0.5) is 0 Å². The first kappa shape index (κ1) is 7.76. The fraction of sp³-hybridized carbons (Fsp3) is 0.750. The zero-order chi connectivity index (χ0) is 7.40. The lowest BCUT2D eigenvalue weighted by Gasteiger charge is -2.26. The third-order valence-corrected chi connectivity index (χ3v) is 1.57. The van der Waals surface area contributed by atoms with Crippen LogP contribution in [0.25, 0.3) is 0 Å². The maximum absolute atomic E-state index is 5.45. The van der Waals surface area contributed by atoms with Crippen molar-refractivity contribution in [3.63, 3.8) is 0 Å². The second-order valence-corrected chi connectivity index (χ2v) is 2.90. The van der Waals surface area contributed by atoms with E-state index >= 15 is 0 Å². The number of hydrogen-bond donors (Lipinski definition) is 1. The second kappa shape index (κ2) is 3.74. The molecular weight excluding hydrogens is 126 g/mol. The lowest BCUT2D eigenvalue weighted by Crippen LogP contribution is -2.48. The van der Waals surface area contributed by atoms with Gasteiger partial charge in [-0.2, -0.15) is 0 Å². The third-order valence-electron chi connectivity index (χ3n) is 1.57. The van der Waals surface area contributed by atoms with Crippen LogP contribution in [0.3, 0.4) is 0 Å². The van der Waals surface area contributed by atoms with Gasteiger partial charge in [0.05, 0.1) is 12.7 Å². The van der Waals surface area contributed by atoms with Gasteiger partial charge in [0.25, 0.3) is 0 Å². The Morgan fingerprint density at radius 1 is 1.60 bits per heavy atom. The molecule has 0 saturated carbocycles. The molecule has 1 heterocycles. The van der Waals surface area contributed by atoms with E-state index in [0.29, 0.717) is 6.10 Å². The SMILES string of the molecule is CC(C)=CCOC1CNC1. The van der Waals surface area contributed by atoms with Gasteiger partial charge in [-0.15, -0.1) is 0 Å². The molecule has 0 unspecified atom stereocenters. The average Bonchev–Trinajstić information content (AvgIpc) is 1.75. The summed E-state index contributed by atoms with van der Waals surface area (Å²) in [6.45, 7) is 6.99. The summed E-state index contributed by atoms with van der Waals surface area (Å²) in [5.74, 6) is 0. The van der Waals surface area contributed by atoms with Crippen molar-refractivity contribution in [3.05, 3.63) is 11.6 Å². The van der Waals surface area contributed by atoms with Crippen LogP contribution in [0, 0.1) is 0 Å². The van der Waals surface area contributed by atoms with Crippen molar-refractivity contribution in [1.82, 2.24) is 5.32 Å². The smallest absolute Gasteiger partial charge is 0.0827 e. The Kier molecular flexibility index (Phi) is 2.90. The Morgan fingerprint density at radius 3 is 2.70 bits per heavy atom. The molecule has 0 spiro atoms. The largest absolute Gasteiger partial charge is 0.372 e. The van der Waals surface area contributed by atoms with Gasteiger partial charge in [-0.05, 0) is 13.8 Å². The Balaban J connectivity index is 1.99. The minimum absolute atomic E-state index is 0.468. The first-order valence-corrected chi connectivity index (χ1v) is 3.74. The number of ether oxygens (including phenoxy) is 1. The number of allylic oxidation sites excluding steroid dienone is 1. The Morgan fingerprint density at radius 2 is 2.30 bits per heavy atom. The highest BCUT2D eigenvalue weighted by Gasteiger charge is 2.15. The highest BCUT2D eigenvalue weighted by molar-refractivity contribution is 4.93. The van der Waals surface area contributed by atoms with E-state index in [0.717, 1.165) is 19.7 Å². The molecule has 1 aliphatic rings. The van der Waals surface area contributed by atoms with Crippen molar-refractivity contribution in [2.45, 2.75) is 20.0 Å². The van der Waals surface area contributed by atoms with Gasteiger partial charge >= 0.3 is 0 Å². The van der Waals surface area contributed by atoms with Crippen molar-refractivity contribution < 1.29 is 4.74 Å². The quantitative estimate of drug-likeness (QED) is 0.591. The summed E-state index contributed by atoms with van der Waals surface area (Å²) >= 11 is 0. The molecule has 0 aliphatic carbocycles. The van der Waals surface area contributed by atoms with Crippen LogP contribution < -0.4 is 5.32 Å². The van der Waals surface area contributed by atoms with E-state index in [2.05, 4.69) is 25.2 Å². The first-order valence-electron chi connectivity index (χ1n) is 3.74. The van der Waals surface area contributed by atoms with Gasteiger partial charge in [-0.25, -0.2) is 0 Å². The monoisotopic (exact) mass is 141 g/mol. The molecule has 1 fully saturated rings. The summed E-state index contributed by atoms with van der Waals surface area (Å²) < 4.78 is 5.45. The van der Waals surface area contributed by atoms with Crippen LogP contribution in [0.15, 0.2) is 11.6 Å². The lowest BCUT2D eigenvalue weighted by molar-refractivity contribution is 0.0362. The topological polar surface area (TPSA) is 21.3 Å². The zero-order valence-electron chi connectivity index (χ0n) is 6.68. The summed E-state index contributed by atoms with van der Waals surface area (Å²) in [4.78, 5) is 0. The molecule has 0 aromatic carbocycles. The average molecular weight is 141 g/mol. The second-order valence-electron chi connectivity index (χ2n) is 2.90. The summed E-state index contributed by atoms with van der Waals surface area (Å²) in [6.07, 6.45) is 2.58. The van der Waals surface area contributed by atoms with Gasteiger partial charge in [0.1, 0.15) is 0 Å². The number of nitrogens with one attached hydrogen (secondary N) is 1. The molecule has 0 aromatic heterocycles. The highest BCUT2D eigenvalue weighted by atomic mass is 16.5. The standard InChI is InChI=1S/C8H15NO/c1-7(2)3-4-10-8-5-9-6-8/h3,8-9H,4-6H2,1-2H3. The van der Waals surface area contributed by atoms with Crippen molar-refractivity contribution in [1.29, 1.82) is 0 Å². The fourth-order valence-corrected chi connectivity index (χ4v) is 0.731. The van der Waals surface area contributed by atoms with E-state index in [1.54, 1.807) is 0 Å². The molecule has 1 N–H and O–H groups in total. The highest BCUT2D eigenvalue weighted by Crippen LogP contribution is 1.98. The Labute approximate surface area is 62.3 Å². The van der Waals surface area contributed by atoms with Crippen LogP contribution in [-0.4, -0.2) is 25.8 Å². The Bertz CT molecular complexity index is 123. The van der Waals surface area contributed by atoms with E-state index in [9.17, 15) is 0 Å². The predicted molar refractivity (Wildman–Crippen MR) is 42.0 cm³/mol. The maximum Gasteiger partial charge on any atom is 0.0827 e. The van der Waals surface area contributed by atoms with Crippen molar-refractivity contribution in [3.8, 4) is 0 Å². The molecule has 0 radical (unpaired) electrons. The predicted octanol–water partition coefficient (Wildman–Crippen LogP) is 0.941. The molecular formula is C8H15NO. The van der Waals surface area contributed by atoms with Crippen LogP contribution in [0.2, 0.25) is 0 Å².